The number of hydrogen-bond acceptors (Lipinski definition) is 5. The maximum atomic E-state index is 12.0. The average Bonchev–Trinajstić information content (AvgIpc) is 2.88. The molecule has 130 valence electrons. The molecular weight excluding hydrogens is 298 g/mol. The van der Waals surface area contributed by atoms with Crippen LogP contribution in [0.15, 0.2) is 12.4 Å². The standard InChI is InChI=1S/C16H27N3O4/c1-12(2)6-7-22-13(3)16(21)23-11-15(20)18(4)9-14-8-17-19(5)10-14/h8,10,12-13H,6-7,9,11H2,1-5H3. The van der Waals surface area contributed by atoms with Crippen LogP contribution < -0.4 is 0 Å². The van der Waals surface area contributed by atoms with Gasteiger partial charge in [-0.2, -0.15) is 5.10 Å². The molecule has 0 spiro atoms. The Hall–Kier alpha value is -1.89. The zero-order chi connectivity index (χ0) is 17.4. The summed E-state index contributed by atoms with van der Waals surface area (Å²) < 4.78 is 12.1. The van der Waals surface area contributed by atoms with Crippen molar-refractivity contribution in [3.63, 3.8) is 0 Å². The molecule has 0 radical (unpaired) electrons. The molecule has 0 saturated carbocycles. The first-order valence-corrected chi connectivity index (χ1v) is 7.79. The number of esters is 1. The summed E-state index contributed by atoms with van der Waals surface area (Å²) in [7, 11) is 3.47. The Kier molecular flexibility index (Phi) is 7.74. The molecule has 0 aliphatic heterocycles. The highest BCUT2D eigenvalue weighted by molar-refractivity contribution is 5.81. The summed E-state index contributed by atoms with van der Waals surface area (Å²) in [6, 6.07) is 0. The minimum absolute atomic E-state index is 0.267. The van der Waals surface area contributed by atoms with E-state index < -0.39 is 12.1 Å². The van der Waals surface area contributed by atoms with Gasteiger partial charge in [0.2, 0.25) is 0 Å². The Labute approximate surface area is 137 Å². The van der Waals surface area contributed by atoms with Gasteiger partial charge >= 0.3 is 5.97 Å². The molecule has 1 aromatic rings. The predicted molar refractivity (Wildman–Crippen MR) is 85.5 cm³/mol. The highest BCUT2D eigenvalue weighted by atomic mass is 16.6. The quantitative estimate of drug-likeness (QED) is 0.641. The Balaban J connectivity index is 2.29. The second-order valence-corrected chi connectivity index (χ2v) is 6.08. The number of hydrogen-bond donors (Lipinski definition) is 0. The molecule has 7 heteroatoms. The lowest BCUT2D eigenvalue weighted by Crippen LogP contribution is -2.33. The topological polar surface area (TPSA) is 73.7 Å². The lowest BCUT2D eigenvalue weighted by molar-refractivity contribution is -0.161. The molecule has 1 rings (SSSR count). The summed E-state index contributed by atoms with van der Waals surface area (Å²) in [4.78, 5) is 25.2. The molecule has 0 aliphatic carbocycles. The minimum Gasteiger partial charge on any atom is -0.454 e. The van der Waals surface area contributed by atoms with Gasteiger partial charge in [0, 0.05) is 39.0 Å². The molecule has 23 heavy (non-hydrogen) atoms. The van der Waals surface area contributed by atoms with Gasteiger partial charge in [-0.3, -0.25) is 9.48 Å². The first-order chi connectivity index (χ1) is 10.8. The molecule has 1 amide bonds. The fourth-order valence-corrected chi connectivity index (χ4v) is 1.82. The number of ether oxygens (including phenoxy) is 2. The largest absolute Gasteiger partial charge is 0.454 e. The third-order valence-corrected chi connectivity index (χ3v) is 3.34. The molecule has 0 N–H and O–H groups in total. The van der Waals surface area contributed by atoms with Gasteiger partial charge in [0.25, 0.3) is 5.91 Å². The maximum absolute atomic E-state index is 12.0. The van der Waals surface area contributed by atoms with E-state index in [1.165, 1.54) is 4.90 Å². The van der Waals surface area contributed by atoms with E-state index in [0.717, 1.165) is 12.0 Å². The molecule has 7 nitrogen and oxygen atoms in total. The SMILES string of the molecule is CC(C)CCOC(C)C(=O)OCC(=O)N(C)Cc1cnn(C)c1. The lowest BCUT2D eigenvalue weighted by Gasteiger charge is -2.17. The molecule has 0 saturated heterocycles. The van der Waals surface area contributed by atoms with Crippen molar-refractivity contribution >= 4 is 11.9 Å². The van der Waals surface area contributed by atoms with Crippen molar-refractivity contribution in [3.05, 3.63) is 18.0 Å². The van der Waals surface area contributed by atoms with Gasteiger partial charge in [-0.05, 0) is 19.3 Å². The van der Waals surface area contributed by atoms with E-state index in [4.69, 9.17) is 9.47 Å². The van der Waals surface area contributed by atoms with Crippen LogP contribution in [-0.2, 0) is 32.7 Å². The molecule has 1 heterocycles. The van der Waals surface area contributed by atoms with Crippen LogP contribution >= 0.6 is 0 Å². The van der Waals surface area contributed by atoms with Crippen molar-refractivity contribution in [2.24, 2.45) is 13.0 Å². The zero-order valence-corrected chi connectivity index (χ0v) is 14.6. The molecule has 1 unspecified atom stereocenters. The molecule has 1 aromatic heterocycles. The van der Waals surface area contributed by atoms with Crippen LogP contribution in [0.4, 0.5) is 0 Å². The van der Waals surface area contributed by atoms with E-state index >= 15 is 0 Å². The summed E-state index contributed by atoms with van der Waals surface area (Å²) in [5, 5.41) is 4.04. The molecule has 0 aromatic carbocycles. The van der Waals surface area contributed by atoms with Crippen LogP contribution in [-0.4, -0.2) is 52.9 Å². The minimum atomic E-state index is -0.662. The van der Waals surface area contributed by atoms with Crippen LogP contribution in [0.5, 0.6) is 0 Å². The Morgan fingerprint density at radius 1 is 1.35 bits per heavy atom. The number of carbonyl (C=O) groups is 2. The van der Waals surface area contributed by atoms with E-state index in [2.05, 4.69) is 18.9 Å². The zero-order valence-electron chi connectivity index (χ0n) is 14.6. The van der Waals surface area contributed by atoms with Crippen molar-refractivity contribution in [1.29, 1.82) is 0 Å². The number of nitrogens with zero attached hydrogens (tertiary/aromatic N) is 3. The lowest BCUT2D eigenvalue weighted by atomic mass is 10.1. The Bertz CT molecular complexity index is 513. The van der Waals surface area contributed by atoms with Crippen molar-refractivity contribution in [2.75, 3.05) is 20.3 Å². The molecule has 0 fully saturated rings. The van der Waals surface area contributed by atoms with E-state index in [1.807, 2.05) is 13.2 Å². The van der Waals surface area contributed by atoms with E-state index in [1.54, 1.807) is 24.9 Å². The molecule has 0 aliphatic rings. The number of carbonyl (C=O) groups excluding carboxylic acids is 2. The van der Waals surface area contributed by atoms with Gasteiger partial charge in [0.05, 0.1) is 6.20 Å². The molecular formula is C16H27N3O4. The summed E-state index contributed by atoms with van der Waals surface area (Å²) in [5.41, 5.74) is 0.917. The van der Waals surface area contributed by atoms with Gasteiger partial charge in [0.15, 0.2) is 12.7 Å². The van der Waals surface area contributed by atoms with Gasteiger partial charge in [0.1, 0.15) is 0 Å². The number of rotatable bonds is 9. The second kappa shape index (κ2) is 9.29. The summed E-state index contributed by atoms with van der Waals surface area (Å²) >= 11 is 0. The smallest absolute Gasteiger partial charge is 0.335 e. The van der Waals surface area contributed by atoms with Crippen LogP contribution in [0, 0.1) is 5.92 Å². The molecule has 1 atom stereocenters. The predicted octanol–water partition coefficient (Wildman–Crippen LogP) is 1.37. The second-order valence-electron chi connectivity index (χ2n) is 6.08. The van der Waals surface area contributed by atoms with Gasteiger partial charge in [-0.25, -0.2) is 4.79 Å². The molecule has 0 bridgehead atoms. The Morgan fingerprint density at radius 2 is 2.04 bits per heavy atom. The normalized spacial score (nSPS) is 12.3. The van der Waals surface area contributed by atoms with Crippen molar-refractivity contribution in [1.82, 2.24) is 14.7 Å². The van der Waals surface area contributed by atoms with Crippen molar-refractivity contribution in [2.45, 2.75) is 39.8 Å². The van der Waals surface area contributed by atoms with E-state index in [0.29, 0.717) is 19.1 Å². The van der Waals surface area contributed by atoms with E-state index in [-0.39, 0.29) is 12.5 Å². The average molecular weight is 325 g/mol. The summed E-state index contributed by atoms with van der Waals surface area (Å²) in [5.74, 6) is -0.269. The van der Waals surface area contributed by atoms with Crippen molar-refractivity contribution in [3.8, 4) is 0 Å². The van der Waals surface area contributed by atoms with E-state index in [9.17, 15) is 9.59 Å². The maximum Gasteiger partial charge on any atom is 0.335 e. The monoisotopic (exact) mass is 325 g/mol. The third kappa shape index (κ3) is 7.27. The summed E-state index contributed by atoms with van der Waals surface area (Å²) in [6.07, 6.45) is 3.75. The van der Waals surface area contributed by atoms with Gasteiger partial charge < -0.3 is 14.4 Å². The summed E-state index contributed by atoms with van der Waals surface area (Å²) in [6.45, 7) is 6.44. The van der Waals surface area contributed by atoms with Gasteiger partial charge in [-0.15, -0.1) is 0 Å². The first kappa shape index (κ1) is 19.2. The fraction of sp³-hybridized carbons (Fsp3) is 0.688. The highest BCUT2D eigenvalue weighted by Gasteiger charge is 2.18. The number of likely N-dealkylation sites (N-methyl/N-ethyl adjacent to an activating group) is 1. The number of aryl methyl sites for hydroxylation is 1. The van der Waals surface area contributed by atoms with Crippen LogP contribution in [0.3, 0.4) is 0 Å². The first-order valence-electron chi connectivity index (χ1n) is 7.79. The van der Waals surface area contributed by atoms with Crippen LogP contribution in [0.25, 0.3) is 0 Å². The Morgan fingerprint density at radius 3 is 2.61 bits per heavy atom. The van der Waals surface area contributed by atoms with Crippen LogP contribution in [0.1, 0.15) is 32.8 Å². The number of amides is 1. The van der Waals surface area contributed by atoms with Crippen molar-refractivity contribution < 1.29 is 19.1 Å². The highest BCUT2D eigenvalue weighted by Crippen LogP contribution is 2.04. The van der Waals surface area contributed by atoms with Gasteiger partial charge in [-0.1, -0.05) is 13.8 Å². The third-order valence-electron chi connectivity index (χ3n) is 3.34. The number of aromatic nitrogens is 2. The van der Waals surface area contributed by atoms with Crippen LogP contribution in [0.2, 0.25) is 0 Å². The fourth-order valence-electron chi connectivity index (χ4n) is 1.82.